The van der Waals surface area contributed by atoms with Crippen molar-refractivity contribution in [2.24, 2.45) is 5.10 Å². The second-order valence-corrected chi connectivity index (χ2v) is 10.8. The first-order valence-corrected chi connectivity index (χ1v) is 11.8. The van der Waals surface area contributed by atoms with Gasteiger partial charge < -0.3 is 4.74 Å². The monoisotopic (exact) mass is 597 g/mol. The van der Waals surface area contributed by atoms with Gasteiger partial charge in [-0.3, -0.25) is 4.79 Å². The quantitative estimate of drug-likeness (QED) is 0.316. The molecule has 0 amide bonds. The van der Waals surface area contributed by atoms with Gasteiger partial charge in [-0.25, -0.2) is 4.98 Å². The van der Waals surface area contributed by atoms with Gasteiger partial charge in [0.25, 0.3) is 5.56 Å². The Balaban J connectivity index is 2.14. The Morgan fingerprint density at radius 3 is 2.30 bits per heavy atom. The van der Waals surface area contributed by atoms with Gasteiger partial charge in [0.05, 0.1) is 32.2 Å². The molecule has 0 spiro atoms. The van der Waals surface area contributed by atoms with Crippen LogP contribution in [-0.4, -0.2) is 22.0 Å². The Labute approximate surface area is 200 Å². The van der Waals surface area contributed by atoms with Gasteiger partial charge in [0, 0.05) is 9.89 Å². The number of hydrogen-bond donors (Lipinski definition) is 0. The van der Waals surface area contributed by atoms with Crippen LogP contribution in [0.2, 0.25) is 0 Å². The van der Waals surface area contributed by atoms with Gasteiger partial charge in [0.1, 0.15) is 11.6 Å². The zero-order valence-electron chi connectivity index (χ0n) is 17.3. The number of halogens is 3. The Bertz CT molecular complexity index is 1170. The van der Waals surface area contributed by atoms with Crippen LogP contribution in [0.15, 0.2) is 53.6 Å². The number of hydrogen-bond acceptors (Lipinski definition) is 4. The predicted molar refractivity (Wildman–Crippen MR) is 133 cm³/mol. The number of fused-ring (bicyclic) bond motifs is 1. The Morgan fingerprint density at radius 2 is 1.73 bits per heavy atom. The van der Waals surface area contributed by atoms with E-state index in [1.165, 1.54) is 4.68 Å². The maximum absolute atomic E-state index is 13.2. The van der Waals surface area contributed by atoms with E-state index < -0.39 is 0 Å². The highest BCUT2D eigenvalue weighted by molar-refractivity contribution is 9.11. The van der Waals surface area contributed by atoms with Crippen LogP contribution in [0.25, 0.3) is 10.9 Å². The molecule has 30 heavy (non-hydrogen) atoms. The predicted octanol–water partition coefficient (Wildman–Crippen LogP) is 6.65. The minimum Gasteiger partial charge on any atom is -0.489 e. The summed E-state index contributed by atoms with van der Waals surface area (Å²) >= 11 is 10.5. The summed E-state index contributed by atoms with van der Waals surface area (Å²) in [7, 11) is 0. The molecular weight excluding hydrogens is 578 g/mol. The van der Waals surface area contributed by atoms with E-state index in [1.807, 2.05) is 58.9 Å². The first-order valence-electron chi connectivity index (χ1n) is 9.40. The second kappa shape index (κ2) is 8.93. The van der Waals surface area contributed by atoms with Gasteiger partial charge in [-0.05, 0) is 81.6 Å². The summed E-state index contributed by atoms with van der Waals surface area (Å²) in [5, 5.41) is 5.03. The molecule has 0 radical (unpaired) electrons. The van der Waals surface area contributed by atoms with E-state index in [0.717, 1.165) is 24.7 Å². The van der Waals surface area contributed by atoms with E-state index in [0.29, 0.717) is 16.7 Å². The van der Waals surface area contributed by atoms with Gasteiger partial charge in [-0.15, -0.1) is 0 Å². The third-order valence-electron chi connectivity index (χ3n) is 4.18. The molecule has 2 aromatic carbocycles. The van der Waals surface area contributed by atoms with Gasteiger partial charge >= 0.3 is 0 Å². The van der Waals surface area contributed by atoms with Crippen molar-refractivity contribution in [3.8, 4) is 5.75 Å². The zero-order valence-corrected chi connectivity index (χ0v) is 22.1. The SMILES string of the molecule is CC(C)Oc1c(Br)cc(C=Nn2c(C(C)(C)C)nc3ccc(Br)cc3c2=O)cc1Br. The minimum absolute atomic E-state index is 0.0491. The Morgan fingerprint density at radius 1 is 1.10 bits per heavy atom. The highest BCUT2D eigenvalue weighted by Gasteiger charge is 2.23. The molecule has 0 unspecified atom stereocenters. The molecule has 5 nitrogen and oxygen atoms in total. The summed E-state index contributed by atoms with van der Waals surface area (Å²) in [6.07, 6.45) is 1.70. The van der Waals surface area contributed by atoms with Gasteiger partial charge in [0.15, 0.2) is 0 Å². The summed E-state index contributed by atoms with van der Waals surface area (Å²) < 4.78 is 9.64. The maximum atomic E-state index is 13.2. The van der Waals surface area contributed by atoms with Crippen LogP contribution in [0.1, 0.15) is 46.0 Å². The van der Waals surface area contributed by atoms with Crippen molar-refractivity contribution in [3.63, 3.8) is 0 Å². The van der Waals surface area contributed by atoms with E-state index in [-0.39, 0.29) is 17.1 Å². The standard InChI is InChI=1S/C22H22Br3N3O2/c1-12(2)30-19-16(24)8-13(9-17(19)25)11-26-28-20(29)15-10-14(23)6-7-18(15)27-21(28)22(3,4)5/h6-12H,1-5H3. The lowest BCUT2D eigenvalue weighted by Crippen LogP contribution is -2.29. The lowest BCUT2D eigenvalue weighted by atomic mass is 9.95. The summed E-state index contributed by atoms with van der Waals surface area (Å²) in [6.45, 7) is 9.98. The molecule has 1 aromatic heterocycles. The number of rotatable bonds is 4. The lowest BCUT2D eigenvalue weighted by molar-refractivity contribution is 0.239. The van der Waals surface area contributed by atoms with Crippen LogP contribution in [0, 0.1) is 0 Å². The van der Waals surface area contributed by atoms with E-state index in [4.69, 9.17) is 9.72 Å². The number of nitrogens with zero attached hydrogens (tertiary/aromatic N) is 3. The topological polar surface area (TPSA) is 56.5 Å². The molecule has 0 saturated carbocycles. The van der Waals surface area contributed by atoms with Crippen LogP contribution in [0.4, 0.5) is 0 Å². The fourth-order valence-corrected chi connectivity index (χ4v) is 4.64. The zero-order chi connectivity index (χ0) is 22.2. The van der Waals surface area contributed by atoms with Crippen molar-refractivity contribution in [3.05, 3.63) is 65.5 Å². The Hall–Kier alpha value is -1.51. The van der Waals surface area contributed by atoms with Crippen LogP contribution in [0.3, 0.4) is 0 Å². The van der Waals surface area contributed by atoms with Crippen LogP contribution >= 0.6 is 47.8 Å². The molecule has 0 aliphatic rings. The van der Waals surface area contributed by atoms with Crippen molar-refractivity contribution in [1.82, 2.24) is 9.66 Å². The average Bonchev–Trinajstić information content (AvgIpc) is 2.63. The first kappa shape index (κ1) is 23.2. The molecule has 0 N–H and O–H groups in total. The molecule has 158 valence electrons. The third kappa shape index (κ3) is 5.03. The van der Waals surface area contributed by atoms with Crippen LogP contribution < -0.4 is 10.3 Å². The highest BCUT2D eigenvalue weighted by atomic mass is 79.9. The van der Waals surface area contributed by atoms with Crippen molar-refractivity contribution in [1.29, 1.82) is 0 Å². The van der Waals surface area contributed by atoms with Crippen molar-refractivity contribution >= 4 is 64.9 Å². The van der Waals surface area contributed by atoms with Crippen LogP contribution in [0.5, 0.6) is 5.75 Å². The van der Waals surface area contributed by atoms with E-state index in [2.05, 4.69) is 52.9 Å². The summed E-state index contributed by atoms with van der Waals surface area (Å²) in [5.41, 5.74) is 0.889. The van der Waals surface area contributed by atoms with E-state index in [9.17, 15) is 4.79 Å². The van der Waals surface area contributed by atoms with Crippen molar-refractivity contribution < 1.29 is 4.74 Å². The number of benzene rings is 2. The fourth-order valence-electron chi connectivity index (χ4n) is 2.87. The fraction of sp³-hybridized carbons (Fsp3) is 0.318. The van der Waals surface area contributed by atoms with Crippen molar-refractivity contribution in [2.75, 3.05) is 0 Å². The molecule has 0 aliphatic carbocycles. The smallest absolute Gasteiger partial charge is 0.282 e. The van der Waals surface area contributed by atoms with Gasteiger partial charge in [-0.2, -0.15) is 9.78 Å². The Kier molecular flexibility index (Phi) is 6.89. The number of ether oxygens (including phenoxy) is 1. The number of aromatic nitrogens is 2. The summed E-state index contributed by atoms with van der Waals surface area (Å²) in [5.74, 6) is 1.32. The first-order chi connectivity index (χ1) is 14.0. The summed E-state index contributed by atoms with van der Waals surface area (Å²) in [6, 6.07) is 9.29. The maximum Gasteiger partial charge on any atom is 0.282 e. The normalized spacial score (nSPS) is 12.3. The molecule has 0 aliphatic heterocycles. The molecular formula is C22H22Br3N3O2. The molecule has 8 heteroatoms. The third-order valence-corrected chi connectivity index (χ3v) is 5.85. The highest BCUT2D eigenvalue weighted by Crippen LogP contribution is 2.35. The largest absolute Gasteiger partial charge is 0.489 e. The minimum atomic E-state index is -0.367. The molecule has 3 rings (SSSR count). The molecule has 0 atom stereocenters. The molecule has 0 fully saturated rings. The summed E-state index contributed by atoms with van der Waals surface area (Å²) in [4.78, 5) is 18.0. The van der Waals surface area contributed by atoms with E-state index in [1.54, 1.807) is 12.3 Å². The van der Waals surface area contributed by atoms with E-state index >= 15 is 0 Å². The molecule has 0 saturated heterocycles. The average molecular weight is 600 g/mol. The van der Waals surface area contributed by atoms with Gasteiger partial charge in [-0.1, -0.05) is 36.7 Å². The second-order valence-electron chi connectivity index (χ2n) is 8.19. The van der Waals surface area contributed by atoms with Crippen molar-refractivity contribution in [2.45, 2.75) is 46.1 Å². The molecule has 0 bridgehead atoms. The van der Waals surface area contributed by atoms with Crippen LogP contribution in [-0.2, 0) is 5.41 Å². The van der Waals surface area contributed by atoms with Gasteiger partial charge in [0.2, 0.25) is 0 Å². The lowest BCUT2D eigenvalue weighted by Gasteiger charge is -2.21. The molecule has 1 heterocycles. The molecule has 3 aromatic rings.